The van der Waals surface area contributed by atoms with E-state index in [1.165, 1.54) is 12.1 Å². The summed E-state index contributed by atoms with van der Waals surface area (Å²) in [5.74, 6) is -0.332. The molecule has 2 N–H and O–H groups in total. The summed E-state index contributed by atoms with van der Waals surface area (Å²) < 4.78 is 39.0. The summed E-state index contributed by atoms with van der Waals surface area (Å²) in [5.41, 5.74) is 3.25. The van der Waals surface area contributed by atoms with Crippen molar-refractivity contribution in [3.05, 3.63) is 77.8 Å². The summed E-state index contributed by atoms with van der Waals surface area (Å²) in [6.45, 7) is 11.6. The Labute approximate surface area is 195 Å². The third-order valence-corrected chi connectivity index (χ3v) is 14.9. The molecular weight excluding hydrogens is 588 g/mol. The quantitative estimate of drug-likeness (QED) is 0.214. The minimum absolute atomic E-state index is 0.332. The van der Waals surface area contributed by atoms with Gasteiger partial charge in [0.2, 0.25) is 0 Å². The Balaban J connectivity index is 2.42. The van der Waals surface area contributed by atoms with Crippen LogP contribution in [-0.4, -0.2) is 25.3 Å². The maximum atomic E-state index is 14.3. The van der Waals surface area contributed by atoms with E-state index < -0.39 is 37.1 Å². The molecule has 2 rings (SSSR count). The fourth-order valence-electron chi connectivity index (χ4n) is 3.66. The van der Waals surface area contributed by atoms with Crippen LogP contribution in [0.4, 0.5) is 13.2 Å². The zero-order valence-electron chi connectivity index (χ0n) is 18.9. The molecule has 3 nitrogen and oxygen atoms in total. The molecule has 164 valence electrons. The van der Waals surface area contributed by atoms with E-state index in [4.69, 9.17) is 4.99 Å². The van der Waals surface area contributed by atoms with Crippen LogP contribution in [0, 0.1) is 5.82 Å². The SMILES string of the molecule is C=C(NC1[C](F)(F)[Hg][C]1(C)NC)C(CC)=N/C(=C(C)/C=C\C=C/C)c1ccc(F)cc1. The first kappa shape index (κ1) is 25.6. The number of aliphatic imine (C=N–C) groups is 1. The van der Waals surface area contributed by atoms with E-state index >= 15 is 0 Å². The van der Waals surface area contributed by atoms with Crippen LogP contribution in [0.25, 0.3) is 5.70 Å². The number of halogens is 3. The molecule has 2 unspecified atom stereocenters. The van der Waals surface area contributed by atoms with Crippen LogP contribution in [-0.2, 0) is 24.6 Å². The zero-order chi connectivity index (χ0) is 23.2. The van der Waals surface area contributed by atoms with E-state index in [-0.39, 0.29) is 5.82 Å². The Morgan fingerprint density at radius 3 is 2.42 bits per heavy atom. The summed E-state index contributed by atoms with van der Waals surface area (Å²) >= 11 is -2.43. The second-order valence-corrected chi connectivity index (χ2v) is 18.7. The molecule has 7 heteroatoms. The van der Waals surface area contributed by atoms with Gasteiger partial charge in [0.1, 0.15) is 0 Å². The summed E-state index contributed by atoms with van der Waals surface area (Å²) in [5, 5.41) is 6.04. The van der Waals surface area contributed by atoms with Crippen molar-refractivity contribution in [1.29, 1.82) is 0 Å². The number of likely N-dealkylation sites (N-methyl/N-ethyl adjacent to an activating group) is 1. The standard InChI is InChI=1S/C24H30F3N3.Hg/c1-7-9-10-11-16(3)22(19-12-14-20(25)15-13-19)30-21(8-2)17(4)29-23(24(26)27)18(5)28-6;/h7,9-15,23,28-29H,4,8H2,1-3,5-6H3;/b9-7-,11-10-,22-16+,30-21?;. The van der Waals surface area contributed by atoms with Crippen LogP contribution in [0.2, 0.25) is 0 Å². The number of nitrogens with zero attached hydrogens (tertiary/aromatic N) is 1. The van der Waals surface area contributed by atoms with Crippen molar-refractivity contribution in [3.8, 4) is 0 Å². The number of rotatable bonds is 9. The summed E-state index contributed by atoms with van der Waals surface area (Å²) in [4.78, 5) is 4.80. The van der Waals surface area contributed by atoms with E-state index in [1.54, 1.807) is 19.2 Å². The van der Waals surface area contributed by atoms with E-state index in [1.807, 2.05) is 52.0 Å². The molecule has 1 saturated heterocycles. The molecule has 0 radical (unpaired) electrons. The van der Waals surface area contributed by atoms with Gasteiger partial charge in [-0.1, -0.05) is 0 Å². The van der Waals surface area contributed by atoms with Gasteiger partial charge in [0.05, 0.1) is 0 Å². The fourth-order valence-corrected chi connectivity index (χ4v) is 11.9. The van der Waals surface area contributed by atoms with Gasteiger partial charge in [-0.3, -0.25) is 0 Å². The molecule has 1 aromatic carbocycles. The van der Waals surface area contributed by atoms with Gasteiger partial charge in [0.25, 0.3) is 0 Å². The molecule has 0 saturated carbocycles. The third kappa shape index (κ3) is 6.19. The van der Waals surface area contributed by atoms with Crippen LogP contribution in [0.1, 0.15) is 39.7 Å². The number of allylic oxidation sites excluding steroid dienone is 6. The summed E-state index contributed by atoms with van der Waals surface area (Å²) in [6.07, 6.45) is 8.14. The van der Waals surface area contributed by atoms with Crippen molar-refractivity contribution in [2.45, 2.75) is 46.6 Å². The molecule has 31 heavy (non-hydrogen) atoms. The predicted molar refractivity (Wildman–Crippen MR) is 119 cm³/mol. The average molecular weight is 618 g/mol. The number of nitrogens with one attached hydrogen (secondary N) is 2. The van der Waals surface area contributed by atoms with Crippen LogP contribution >= 0.6 is 0 Å². The fraction of sp³-hybridized carbons (Fsp3) is 0.375. The Kier molecular flexibility index (Phi) is 8.89. The van der Waals surface area contributed by atoms with Gasteiger partial charge in [-0.15, -0.1) is 0 Å². The Morgan fingerprint density at radius 1 is 1.26 bits per heavy atom. The topological polar surface area (TPSA) is 36.4 Å². The van der Waals surface area contributed by atoms with Gasteiger partial charge in [-0.05, 0) is 6.92 Å². The van der Waals surface area contributed by atoms with Gasteiger partial charge >= 0.3 is 189 Å². The van der Waals surface area contributed by atoms with Crippen molar-refractivity contribution in [1.82, 2.24) is 10.6 Å². The van der Waals surface area contributed by atoms with Crippen LogP contribution in [0.15, 0.2) is 71.4 Å². The van der Waals surface area contributed by atoms with E-state index in [0.29, 0.717) is 23.5 Å². The molecule has 0 spiro atoms. The van der Waals surface area contributed by atoms with Gasteiger partial charge in [-0.25, -0.2) is 0 Å². The molecule has 1 aromatic rings. The first-order chi connectivity index (χ1) is 14.6. The number of benzene rings is 1. The minimum atomic E-state index is -2.61. The Hall–Kier alpha value is -1.66. The Bertz CT molecular complexity index is 917. The second-order valence-electron chi connectivity index (χ2n) is 8.00. The van der Waals surface area contributed by atoms with E-state index in [2.05, 4.69) is 17.2 Å². The molecule has 0 aromatic heterocycles. The van der Waals surface area contributed by atoms with Crippen LogP contribution < -0.4 is 10.6 Å². The van der Waals surface area contributed by atoms with Crippen molar-refractivity contribution < 1.29 is 37.7 Å². The van der Waals surface area contributed by atoms with E-state index in [0.717, 1.165) is 11.1 Å². The number of hydrogen-bond donors (Lipinski definition) is 2. The predicted octanol–water partition coefficient (Wildman–Crippen LogP) is 5.64. The monoisotopic (exact) mass is 619 g/mol. The van der Waals surface area contributed by atoms with Gasteiger partial charge in [-0.2, -0.15) is 0 Å². The van der Waals surface area contributed by atoms with Gasteiger partial charge < -0.3 is 0 Å². The van der Waals surface area contributed by atoms with Crippen molar-refractivity contribution in [2.24, 2.45) is 4.99 Å². The number of hydrogen-bond acceptors (Lipinski definition) is 3. The summed E-state index contributed by atoms with van der Waals surface area (Å²) in [6, 6.07) is 5.11. The molecule has 1 fully saturated rings. The molecule has 0 bridgehead atoms. The second kappa shape index (κ2) is 10.8. The maximum absolute atomic E-state index is 14.3. The van der Waals surface area contributed by atoms with Gasteiger partial charge in [0, 0.05) is 0 Å². The molecular formula is C24H30F3HgN3. The first-order valence-electron chi connectivity index (χ1n) is 10.4. The number of alkyl halides is 2. The average Bonchev–Trinajstić information content (AvgIpc) is 2.73. The molecule has 2 atom stereocenters. The molecule has 1 aliphatic rings. The molecule has 1 aliphatic heterocycles. The third-order valence-electron chi connectivity index (χ3n) is 5.62. The van der Waals surface area contributed by atoms with Crippen LogP contribution in [0.5, 0.6) is 0 Å². The van der Waals surface area contributed by atoms with Crippen molar-refractivity contribution >= 4 is 11.4 Å². The molecule has 0 amide bonds. The van der Waals surface area contributed by atoms with Crippen LogP contribution in [0.3, 0.4) is 0 Å². The first-order valence-corrected chi connectivity index (χ1v) is 15.9. The summed E-state index contributed by atoms with van der Waals surface area (Å²) in [7, 11) is 1.73. The molecule has 1 heterocycles. The van der Waals surface area contributed by atoms with Gasteiger partial charge in [0.15, 0.2) is 0 Å². The van der Waals surface area contributed by atoms with Crippen molar-refractivity contribution in [3.63, 3.8) is 0 Å². The normalized spacial score (nSPS) is 23.7. The van der Waals surface area contributed by atoms with E-state index in [9.17, 15) is 13.2 Å². The zero-order valence-corrected chi connectivity index (χ0v) is 24.4. The molecule has 0 aliphatic carbocycles. The Morgan fingerprint density at radius 2 is 1.90 bits per heavy atom. The van der Waals surface area contributed by atoms with Crippen molar-refractivity contribution in [2.75, 3.05) is 7.05 Å².